The average molecular weight is 367 g/mol. The van der Waals surface area contributed by atoms with Crippen LogP contribution in [0.15, 0.2) is 0 Å². The predicted molar refractivity (Wildman–Crippen MR) is 101 cm³/mol. The summed E-state index contributed by atoms with van der Waals surface area (Å²) >= 11 is 0. The van der Waals surface area contributed by atoms with Crippen LogP contribution in [0.3, 0.4) is 0 Å². The zero-order valence-electron chi connectivity index (χ0n) is 15.1. The summed E-state index contributed by atoms with van der Waals surface area (Å²) in [6.07, 6.45) is 2.41. The lowest BCUT2D eigenvalue weighted by Crippen LogP contribution is -2.54. The monoisotopic (exact) mass is 366 g/mol. The van der Waals surface area contributed by atoms with Gasteiger partial charge in [0.25, 0.3) is 0 Å². The van der Waals surface area contributed by atoms with E-state index in [9.17, 15) is 4.79 Å². The smallest absolute Gasteiger partial charge is 0.223 e. The fourth-order valence-corrected chi connectivity index (χ4v) is 2.66. The molecule has 0 aliphatic carbocycles. The van der Waals surface area contributed by atoms with E-state index < -0.39 is 0 Å². The summed E-state index contributed by atoms with van der Waals surface area (Å²) in [5.74, 6) is -0.0116. The van der Waals surface area contributed by atoms with Crippen molar-refractivity contribution in [1.29, 1.82) is 0 Å². The van der Waals surface area contributed by atoms with Crippen molar-refractivity contribution in [3.63, 3.8) is 0 Å². The number of aromatic nitrogens is 2. The van der Waals surface area contributed by atoms with Gasteiger partial charge in [-0.1, -0.05) is 20.8 Å². The van der Waals surface area contributed by atoms with Gasteiger partial charge in [-0.15, -0.1) is 24.8 Å². The van der Waals surface area contributed by atoms with Crippen LogP contribution in [0.4, 0.5) is 0 Å². The Labute approximate surface area is 152 Å². The Kier molecular flexibility index (Phi) is 10.8. The standard InChI is InChI=1S/C16H30N4O.2ClH/c1-7-16(8-2,10-17)18-15(21)11(3)9-14-12(4)19-20(6)13(14)5;;/h11H,7-10,17H2,1-6H3,(H,18,21);2*1H. The molecule has 1 amide bonds. The van der Waals surface area contributed by atoms with Gasteiger partial charge >= 0.3 is 0 Å². The minimum absolute atomic E-state index is 0. The summed E-state index contributed by atoms with van der Waals surface area (Å²) in [4.78, 5) is 12.5. The van der Waals surface area contributed by atoms with E-state index in [1.165, 1.54) is 5.56 Å². The Balaban J connectivity index is 0. The molecule has 0 radical (unpaired) electrons. The topological polar surface area (TPSA) is 72.9 Å². The number of nitrogens with zero attached hydrogens (tertiary/aromatic N) is 2. The summed E-state index contributed by atoms with van der Waals surface area (Å²) in [6, 6.07) is 0. The van der Waals surface area contributed by atoms with Gasteiger partial charge in [0, 0.05) is 25.2 Å². The second-order valence-electron chi connectivity index (χ2n) is 6.06. The largest absolute Gasteiger partial charge is 0.349 e. The number of carbonyl (C=O) groups excluding carboxylic acids is 1. The van der Waals surface area contributed by atoms with Gasteiger partial charge in [-0.2, -0.15) is 5.10 Å². The second-order valence-corrected chi connectivity index (χ2v) is 6.06. The van der Waals surface area contributed by atoms with Crippen molar-refractivity contribution in [2.45, 2.75) is 59.4 Å². The highest BCUT2D eigenvalue weighted by molar-refractivity contribution is 5.85. The minimum Gasteiger partial charge on any atom is -0.349 e. The number of aryl methyl sites for hydroxylation is 2. The molecule has 1 aromatic heterocycles. The van der Waals surface area contributed by atoms with Gasteiger partial charge in [-0.05, 0) is 38.7 Å². The molecule has 0 aliphatic rings. The molecule has 136 valence electrons. The Morgan fingerprint density at radius 3 is 2.17 bits per heavy atom. The summed E-state index contributed by atoms with van der Waals surface area (Å²) in [7, 11) is 1.93. The molecule has 1 heterocycles. The third-order valence-electron chi connectivity index (χ3n) is 4.75. The van der Waals surface area contributed by atoms with Gasteiger partial charge < -0.3 is 11.1 Å². The van der Waals surface area contributed by atoms with E-state index in [1.807, 2.05) is 32.5 Å². The van der Waals surface area contributed by atoms with Crippen LogP contribution < -0.4 is 11.1 Å². The maximum absolute atomic E-state index is 12.5. The predicted octanol–water partition coefficient (Wildman–Crippen LogP) is 2.69. The molecular weight excluding hydrogens is 335 g/mol. The summed E-state index contributed by atoms with van der Waals surface area (Å²) in [6.45, 7) is 10.6. The molecule has 1 atom stereocenters. The maximum Gasteiger partial charge on any atom is 0.223 e. The van der Waals surface area contributed by atoms with Crippen molar-refractivity contribution in [2.24, 2.45) is 18.7 Å². The van der Waals surface area contributed by atoms with E-state index in [2.05, 4.69) is 24.3 Å². The molecule has 1 aromatic rings. The van der Waals surface area contributed by atoms with Gasteiger partial charge in [-0.25, -0.2) is 0 Å². The van der Waals surface area contributed by atoms with Crippen LogP contribution in [0.5, 0.6) is 0 Å². The third-order valence-corrected chi connectivity index (χ3v) is 4.75. The van der Waals surface area contributed by atoms with Gasteiger partial charge in [0.15, 0.2) is 0 Å². The molecular formula is C16H32Cl2N4O. The van der Waals surface area contributed by atoms with Crippen LogP contribution in [0.1, 0.15) is 50.6 Å². The van der Waals surface area contributed by atoms with Crippen LogP contribution in [0, 0.1) is 19.8 Å². The van der Waals surface area contributed by atoms with E-state index in [1.54, 1.807) is 0 Å². The van der Waals surface area contributed by atoms with E-state index in [4.69, 9.17) is 5.73 Å². The average Bonchev–Trinajstić information content (AvgIpc) is 2.71. The fourth-order valence-electron chi connectivity index (χ4n) is 2.66. The molecule has 1 unspecified atom stereocenters. The first-order valence-corrected chi connectivity index (χ1v) is 7.81. The lowest BCUT2D eigenvalue weighted by molar-refractivity contribution is -0.126. The van der Waals surface area contributed by atoms with Crippen LogP contribution >= 0.6 is 24.8 Å². The first-order valence-electron chi connectivity index (χ1n) is 7.81. The summed E-state index contributed by atoms with van der Waals surface area (Å²) < 4.78 is 1.87. The second kappa shape index (κ2) is 10.2. The summed E-state index contributed by atoms with van der Waals surface area (Å²) in [5, 5.41) is 7.57. The first kappa shape index (κ1) is 24.5. The normalized spacial score (nSPS) is 12.1. The lowest BCUT2D eigenvalue weighted by atomic mass is 9.91. The maximum atomic E-state index is 12.5. The van der Waals surface area contributed by atoms with Gasteiger partial charge in [0.05, 0.1) is 11.2 Å². The molecule has 0 bridgehead atoms. The Morgan fingerprint density at radius 1 is 1.30 bits per heavy atom. The third kappa shape index (κ3) is 5.66. The quantitative estimate of drug-likeness (QED) is 0.778. The van der Waals surface area contributed by atoms with E-state index in [-0.39, 0.29) is 42.2 Å². The van der Waals surface area contributed by atoms with Crippen molar-refractivity contribution in [1.82, 2.24) is 15.1 Å². The van der Waals surface area contributed by atoms with Crippen molar-refractivity contribution in [3.8, 4) is 0 Å². The van der Waals surface area contributed by atoms with Crippen LogP contribution in [0.2, 0.25) is 0 Å². The number of carbonyl (C=O) groups is 1. The molecule has 0 fully saturated rings. The SMILES string of the molecule is CCC(CC)(CN)NC(=O)C(C)Cc1c(C)nn(C)c1C.Cl.Cl. The number of halogens is 2. The van der Waals surface area contributed by atoms with Crippen molar-refractivity contribution in [2.75, 3.05) is 6.54 Å². The highest BCUT2D eigenvalue weighted by atomic mass is 35.5. The van der Waals surface area contributed by atoms with Crippen molar-refractivity contribution < 1.29 is 4.79 Å². The molecule has 7 heteroatoms. The molecule has 23 heavy (non-hydrogen) atoms. The number of hydrogen-bond acceptors (Lipinski definition) is 3. The number of nitrogens with two attached hydrogens (primary N) is 1. The highest BCUT2D eigenvalue weighted by Crippen LogP contribution is 2.19. The highest BCUT2D eigenvalue weighted by Gasteiger charge is 2.29. The number of amides is 1. The number of rotatable bonds is 7. The van der Waals surface area contributed by atoms with Gasteiger partial charge in [0.1, 0.15) is 0 Å². The molecule has 0 aromatic carbocycles. The van der Waals surface area contributed by atoms with Crippen LogP contribution in [-0.2, 0) is 18.3 Å². The Morgan fingerprint density at radius 2 is 1.83 bits per heavy atom. The van der Waals surface area contributed by atoms with Gasteiger partial charge in [0.2, 0.25) is 5.91 Å². The fraction of sp³-hybridized carbons (Fsp3) is 0.750. The molecule has 5 nitrogen and oxygen atoms in total. The number of nitrogens with one attached hydrogen (secondary N) is 1. The zero-order valence-corrected chi connectivity index (χ0v) is 16.7. The first-order chi connectivity index (χ1) is 9.80. The van der Waals surface area contributed by atoms with Crippen molar-refractivity contribution >= 4 is 30.7 Å². The minimum atomic E-state index is -0.273. The zero-order chi connectivity index (χ0) is 16.2. The van der Waals surface area contributed by atoms with E-state index >= 15 is 0 Å². The molecule has 0 saturated heterocycles. The Hall–Kier alpha value is -0.780. The molecule has 3 N–H and O–H groups in total. The van der Waals surface area contributed by atoms with E-state index in [0.717, 1.165) is 24.2 Å². The number of hydrogen-bond donors (Lipinski definition) is 2. The van der Waals surface area contributed by atoms with Crippen LogP contribution in [-0.4, -0.2) is 27.8 Å². The van der Waals surface area contributed by atoms with Gasteiger partial charge in [-0.3, -0.25) is 9.48 Å². The molecule has 1 rings (SSSR count). The molecule has 0 saturated carbocycles. The van der Waals surface area contributed by atoms with E-state index in [0.29, 0.717) is 13.0 Å². The van der Waals surface area contributed by atoms with Crippen LogP contribution in [0.25, 0.3) is 0 Å². The summed E-state index contributed by atoms with van der Waals surface area (Å²) in [5.41, 5.74) is 8.89. The molecule has 0 aliphatic heterocycles. The van der Waals surface area contributed by atoms with Crippen molar-refractivity contribution in [3.05, 3.63) is 17.0 Å². The Bertz CT molecular complexity index is 490. The lowest BCUT2D eigenvalue weighted by Gasteiger charge is -2.32. The molecule has 0 spiro atoms.